The van der Waals surface area contributed by atoms with Gasteiger partial charge in [0.15, 0.2) is 0 Å². The maximum Gasteiger partial charge on any atom is 0.370 e. The van der Waals surface area contributed by atoms with Crippen molar-refractivity contribution in [1.82, 2.24) is 4.31 Å². The van der Waals surface area contributed by atoms with Gasteiger partial charge in [0.05, 0.1) is 25.2 Å². The molecule has 0 saturated heterocycles. The molecule has 0 radical (unpaired) electrons. The fourth-order valence-corrected chi connectivity index (χ4v) is 5.27. The normalized spacial score (nSPS) is 18.3. The summed E-state index contributed by atoms with van der Waals surface area (Å²) in [5.41, 5.74) is 0.931. The molecule has 0 aromatic heterocycles. The molecule has 0 unspecified atom stereocenters. The third-order valence-electron chi connectivity index (χ3n) is 5.26. The number of halogens is 1. The standard InChI is InChI=1S/C23H26INO8S/c1-31-19-6-8-20(9-7-19)34(29,30)25(10-12-26)11-13-32-22-15-17(14-21(33-22)23(27)28)16-2-4-18(24)5-3-16/h2-9,14,17,22,26H,10-13,15H2,1H3,(H,27,28)/t17-,22+/m1/s1. The zero-order chi connectivity index (χ0) is 24.7. The summed E-state index contributed by atoms with van der Waals surface area (Å²) in [5, 5.41) is 18.8. The number of methoxy groups -OCH3 is 1. The third-order valence-corrected chi connectivity index (χ3v) is 7.89. The van der Waals surface area contributed by atoms with Crippen molar-refractivity contribution in [3.8, 4) is 5.75 Å². The molecule has 34 heavy (non-hydrogen) atoms. The Bertz CT molecular complexity index is 1100. The SMILES string of the molecule is COc1ccc(S(=O)(=O)N(CCO)CCO[C@@H]2C[C@H](c3ccc(I)cc3)C=C(C(=O)O)O2)cc1. The molecule has 2 atom stereocenters. The molecule has 3 rings (SSSR count). The number of carboxylic acid groups (broad SMARTS) is 1. The van der Waals surface area contributed by atoms with Crippen molar-refractivity contribution in [2.24, 2.45) is 0 Å². The predicted octanol–water partition coefficient (Wildman–Crippen LogP) is 2.80. The Morgan fingerprint density at radius 3 is 2.41 bits per heavy atom. The number of aliphatic hydroxyl groups is 1. The summed E-state index contributed by atoms with van der Waals surface area (Å²) in [4.78, 5) is 11.6. The molecule has 184 valence electrons. The minimum Gasteiger partial charge on any atom is -0.497 e. The molecule has 2 N–H and O–H groups in total. The molecule has 1 aliphatic rings. The van der Waals surface area contributed by atoms with Gasteiger partial charge in [-0.2, -0.15) is 4.31 Å². The zero-order valence-electron chi connectivity index (χ0n) is 18.5. The van der Waals surface area contributed by atoms with Gasteiger partial charge in [0.2, 0.25) is 22.1 Å². The smallest absolute Gasteiger partial charge is 0.370 e. The van der Waals surface area contributed by atoms with E-state index in [1.807, 2.05) is 24.3 Å². The van der Waals surface area contributed by atoms with Crippen LogP contribution in [0.15, 0.2) is 65.3 Å². The first-order valence-electron chi connectivity index (χ1n) is 10.5. The molecule has 0 amide bonds. The van der Waals surface area contributed by atoms with Crippen molar-refractivity contribution < 1.29 is 37.6 Å². The lowest BCUT2D eigenvalue weighted by Gasteiger charge is -2.29. The highest BCUT2D eigenvalue weighted by Gasteiger charge is 2.30. The summed E-state index contributed by atoms with van der Waals surface area (Å²) in [7, 11) is -2.40. The van der Waals surface area contributed by atoms with Gasteiger partial charge in [0.1, 0.15) is 5.75 Å². The van der Waals surface area contributed by atoms with E-state index in [4.69, 9.17) is 14.2 Å². The Morgan fingerprint density at radius 2 is 1.82 bits per heavy atom. The first-order valence-corrected chi connectivity index (χ1v) is 13.0. The molecule has 2 aromatic carbocycles. The average molecular weight is 603 g/mol. The number of allylic oxidation sites excluding steroid dienone is 1. The number of nitrogens with zero attached hydrogens (tertiary/aromatic N) is 1. The molecule has 0 spiro atoms. The Labute approximate surface area is 212 Å². The maximum atomic E-state index is 13.0. The number of aliphatic hydroxyl groups excluding tert-OH is 1. The second kappa shape index (κ2) is 12.0. The molecule has 1 heterocycles. The topological polar surface area (TPSA) is 123 Å². The predicted molar refractivity (Wildman–Crippen MR) is 132 cm³/mol. The van der Waals surface area contributed by atoms with Gasteiger partial charge >= 0.3 is 5.97 Å². The van der Waals surface area contributed by atoms with E-state index in [2.05, 4.69) is 22.6 Å². The number of benzene rings is 2. The van der Waals surface area contributed by atoms with Crippen LogP contribution in [-0.2, 0) is 24.3 Å². The molecule has 9 nitrogen and oxygen atoms in total. The Balaban J connectivity index is 1.67. The van der Waals surface area contributed by atoms with Crippen LogP contribution in [0.1, 0.15) is 17.9 Å². The van der Waals surface area contributed by atoms with E-state index in [-0.39, 0.29) is 42.9 Å². The van der Waals surface area contributed by atoms with Crippen LogP contribution in [0.2, 0.25) is 0 Å². The van der Waals surface area contributed by atoms with Gasteiger partial charge in [-0.3, -0.25) is 0 Å². The van der Waals surface area contributed by atoms with Crippen LogP contribution < -0.4 is 4.74 Å². The van der Waals surface area contributed by atoms with Gasteiger partial charge in [0.25, 0.3) is 0 Å². The quantitative estimate of drug-likeness (QED) is 0.376. The van der Waals surface area contributed by atoms with Crippen LogP contribution in [0.5, 0.6) is 5.75 Å². The monoisotopic (exact) mass is 603 g/mol. The van der Waals surface area contributed by atoms with Crippen molar-refractivity contribution in [2.75, 3.05) is 33.4 Å². The molecular formula is C23H26INO8S. The fourth-order valence-electron chi connectivity index (χ4n) is 3.50. The van der Waals surface area contributed by atoms with Crippen LogP contribution in [0.3, 0.4) is 0 Å². The number of ether oxygens (including phenoxy) is 3. The number of sulfonamides is 1. The van der Waals surface area contributed by atoms with E-state index in [0.29, 0.717) is 12.2 Å². The number of carboxylic acids is 1. The van der Waals surface area contributed by atoms with Gasteiger partial charge in [-0.1, -0.05) is 12.1 Å². The summed E-state index contributed by atoms with van der Waals surface area (Å²) in [6.07, 6.45) is 1.07. The average Bonchev–Trinajstić information content (AvgIpc) is 2.83. The highest BCUT2D eigenvalue weighted by molar-refractivity contribution is 14.1. The lowest BCUT2D eigenvalue weighted by atomic mass is 9.93. The van der Waals surface area contributed by atoms with Crippen molar-refractivity contribution >= 4 is 38.6 Å². The van der Waals surface area contributed by atoms with Gasteiger partial charge < -0.3 is 24.4 Å². The van der Waals surface area contributed by atoms with Crippen molar-refractivity contribution in [2.45, 2.75) is 23.5 Å². The Hall–Kier alpha value is -2.19. The molecule has 0 saturated carbocycles. The number of hydrogen-bond acceptors (Lipinski definition) is 7. The molecular weight excluding hydrogens is 577 g/mol. The van der Waals surface area contributed by atoms with Crippen LogP contribution in [0, 0.1) is 3.57 Å². The maximum absolute atomic E-state index is 13.0. The zero-order valence-corrected chi connectivity index (χ0v) is 21.4. The van der Waals surface area contributed by atoms with Gasteiger partial charge in [-0.05, 0) is 70.6 Å². The highest BCUT2D eigenvalue weighted by Crippen LogP contribution is 2.32. The molecule has 0 aliphatic carbocycles. The van der Waals surface area contributed by atoms with E-state index in [9.17, 15) is 23.4 Å². The fraction of sp³-hybridized carbons (Fsp3) is 0.348. The van der Waals surface area contributed by atoms with E-state index >= 15 is 0 Å². The van der Waals surface area contributed by atoms with Crippen molar-refractivity contribution in [1.29, 1.82) is 0 Å². The number of carbonyl (C=O) groups is 1. The van der Waals surface area contributed by atoms with Crippen LogP contribution in [0.4, 0.5) is 0 Å². The summed E-state index contributed by atoms with van der Waals surface area (Å²) in [6, 6.07) is 13.7. The molecule has 2 aromatic rings. The van der Waals surface area contributed by atoms with Gasteiger partial charge in [0, 0.05) is 29.0 Å². The highest BCUT2D eigenvalue weighted by atomic mass is 127. The second-order valence-corrected chi connectivity index (χ2v) is 10.6. The van der Waals surface area contributed by atoms with Gasteiger partial charge in [-0.25, -0.2) is 13.2 Å². The second-order valence-electron chi connectivity index (χ2n) is 7.45. The molecule has 0 fully saturated rings. The summed E-state index contributed by atoms with van der Waals surface area (Å²) < 4.78 is 44.5. The number of aliphatic carboxylic acids is 1. The Morgan fingerprint density at radius 1 is 1.15 bits per heavy atom. The van der Waals surface area contributed by atoms with Crippen molar-refractivity contribution in [3.63, 3.8) is 0 Å². The van der Waals surface area contributed by atoms with Crippen LogP contribution in [-0.4, -0.2) is 68.6 Å². The largest absolute Gasteiger partial charge is 0.497 e. The van der Waals surface area contributed by atoms with Crippen molar-refractivity contribution in [3.05, 3.63) is 69.5 Å². The summed E-state index contributed by atoms with van der Waals surface area (Å²) >= 11 is 2.19. The van der Waals surface area contributed by atoms with Gasteiger partial charge in [-0.15, -0.1) is 0 Å². The minimum absolute atomic E-state index is 0.0465. The molecule has 1 aliphatic heterocycles. The lowest BCUT2D eigenvalue weighted by Crippen LogP contribution is -2.37. The van der Waals surface area contributed by atoms with E-state index in [1.165, 1.54) is 19.2 Å². The third kappa shape index (κ3) is 6.69. The summed E-state index contributed by atoms with van der Waals surface area (Å²) in [6.45, 7) is -0.577. The van der Waals surface area contributed by atoms with E-state index in [1.54, 1.807) is 18.2 Å². The first-order chi connectivity index (χ1) is 16.2. The van der Waals surface area contributed by atoms with Crippen LogP contribution >= 0.6 is 22.6 Å². The number of rotatable bonds is 11. The Kier molecular flexibility index (Phi) is 9.31. The minimum atomic E-state index is -3.88. The molecule has 0 bridgehead atoms. The summed E-state index contributed by atoms with van der Waals surface area (Å²) in [5.74, 6) is -1.11. The van der Waals surface area contributed by atoms with Crippen LogP contribution in [0.25, 0.3) is 0 Å². The van der Waals surface area contributed by atoms with E-state index < -0.39 is 22.3 Å². The van der Waals surface area contributed by atoms with E-state index in [0.717, 1.165) is 13.4 Å². The number of hydrogen-bond donors (Lipinski definition) is 2. The first kappa shape index (κ1) is 26.4. The lowest BCUT2D eigenvalue weighted by molar-refractivity contribution is -0.157. The molecule has 11 heteroatoms.